The van der Waals surface area contributed by atoms with Crippen molar-refractivity contribution in [2.45, 2.75) is 6.04 Å². The molecule has 0 bridgehead atoms. The van der Waals surface area contributed by atoms with Gasteiger partial charge in [0.15, 0.2) is 28.0 Å². The molecular weight excluding hydrogens is 466 g/mol. The highest BCUT2D eigenvalue weighted by atomic mass is 32.1. The number of pyridine rings is 1. The van der Waals surface area contributed by atoms with E-state index in [0.29, 0.717) is 27.4 Å². The molecule has 1 aliphatic rings. The summed E-state index contributed by atoms with van der Waals surface area (Å²) in [5.41, 5.74) is 1.65. The van der Waals surface area contributed by atoms with Crippen molar-refractivity contribution in [1.29, 1.82) is 0 Å². The number of amides is 1. The van der Waals surface area contributed by atoms with Crippen LogP contribution in [0.25, 0.3) is 21.2 Å². The number of benzene rings is 2. The first-order valence-corrected chi connectivity index (χ1v) is 11.5. The van der Waals surface area contributed by atoms with E-state index in [1.165, 1.54) is 23.3 Å². The highest BCUT2D eigenvalue weighted by molar-refractivity contribution is 7.22. The molecule has 1 amide bonds. The Morgan fingerprint density at radius 3 is 2.69 bits per heavy atom. The lowest BCUT2D eigenvalue weighted by molar-refractivity contribution is -0.117. The molecule has 8 nitrogen and oxygen atoms in total. The Labute approximate surface area is 202 Å². The standard InChI is InChI=1S/C26H17N3O5S/c1-33-17-7-4-5-15-13-18(34-24(15)17)22(30)20-21(14-9-11-27-12-10-14)29(25(32)23(20)31)26-28-16-6-2-3-8-19(16)35-26/h2-13,21,31H,1H3. The molecule has 0 fully saturated rings. The molecule has 35 heavy (non-hydrogen) atoms. The number of carbonyl (C=O) groups is 2. The molecule has 2 aromatic carbocycles. The first-order valence-electron chi connectivity index (χ1n) is 10.7. The van der Waals surface area contributed by atoms with Gasteiger partial charge in [0, 0.05) is 17.8 Å². The Balaban J connectivity index is 1.50. The third-order valence-electron chi connectivity index (χ3n) is 5.91. The third-order valence-corrected chi connectivity index (χ3v) is 6.95. The largest absolute Gasteiger partial charge is 0.503 e. The number of ether oxygens (including phenoxy) is 1. The van der Waals surface area contributed by atoms with Crippen molar-refractivity contribution in [2.75, 3.05) is 12.0 Å². The summed E-state index contributed by atoms with van der Waals surface area (Å²) in [7, 11) is 1.51. The first kappa shape index (κ1) is 21.1. The number of anilines is 1. The van der Waals surface area contributed by atoms with E-state index >= 15 is 0 Å². The van der Waals surface area contributed by atoms with Crippen molar-refractivity contribution in [1.82, 2.24) is 9.97 Å². The van der Waals surface area contributed by atoms with Crippen LogP contribution in [-0.2, 0) is 4.79 Å². The molecule has 0 saturated carbocycles. The average molecular weight is 484 g/mol. The zero-order valence-electron chi connectivity index (χ0n) is 18.3. The van der Waals surface area contributed by atoms with Gasteiger partial charge in [0.2, 0.25) is 5.78 Å². The van der Waals surface area contributed by atoms with Gasteiger partial charge in [-0.2, -0.15) is 0 Å². The van der Waals surface area contributed by atoms with Crippen molar-refractivity contribution in [3.05, 3.63) is 95.7 Å². The maximum absolute atomic E-state index is 13.7. The molecule has 9 heteroatoms. The summed E-state index contributed by atoms with van der Waals surface area (Å²) in [4.78, 5) is 37.1. The Bertz CT molecular complexity index is 1620. The number of methoxy groups -OCH3 is 1. The summed E-state index contributed by atoms with van der Waals surface area (Å²) in [6.45, 7) is 0. The second-order valence-electron chi connectivity index (χ2n) is 7.90. The predicted molar refractivity (Wildman–Crippen MR) is 131 cm³/mol. The van der Waals surface area contributed by atoms with Crippen LogP contribution in [-0.4, -0.2) is 33.9 Å². The summed E-state index contributed by atoms with van der Waals surface area (Å²) >= 11 is 1.31. The first-order chi connectivity index (χ1) is 17.1. The summed E-state index contributed by atoms with van der Waals surface area (Å²) in [5, 5.41) is 12.0. The molecule has 0 spiro atoms. The predicted octanol–water partition coefficient (Wildman–Crippen LogP) is 5.23. The van der Waals surface area contributed by atoms with Crippen molar-refractivity contribution in [3.63, 3.8) is 0 Å². The molecule has 1 aliphatic heterocycles. The van der Waals surface area contributed by atoms with Gasteiger partial charge in [-0.1, -0.05) is 35.6 Å². The molecule has 0 saturated heterocycles. The third kappa shape index (κ3) is 3.28. The van der Waals surface area contributed by atoms with Gasteiger partial charge in [0.05, 0.1) is 28.9 Å². The average Bonchev–Trinajstić information content (AvgIpc) is 3.58. The number of fused-ring (bicyclic) bond motifs is 2. The topological polar surface area (TPSA) is 106 Å². The number of aliphatic hydroxyl groups excluding tert-OH is 1. The van der Waals surface area contributed by atoms with Crippen LogP contribution in [0.1, 0.15) is 22.2 Å². The van der Waals surface area contributed by atoms with Crippen LogP contribution in [0.5, 0.6) is 5.75 Å². The van der Waals surface area contributed by atoms with E-state index in [-0.39, 0.29) is 11.3 Å². The number of ketones is 1. The molecule has 1 unspecified atom stereocenters. The normalized spacial score (nSPS) is 16.0. The summed E-state index contributed by atoms with van der Waals surface area (Å²) < 4.78 is 12.1. The van der Waals surface area contributed by atoms with Crippen molar-refractivity contribution < 1.29 is 23.8 Å². The van der Waals surface area contributed by atoms with Gasteiger partial charge >= 0.3 is 0 Å². The molecule has 6 rings (SSSR count). The number of hydrogen-bond donors (Lipinski definition) is 1. The van der Waals surface area contributed by atoms with E-state index in [0.717, 1.165) is 10.2 Å². The van der Waals surface area contributed by atoms with Crippen LogP contribution in [0.15, 0.2) is 88.8 Å². The molecule has 1 N–H and O–H groups in total. The van der Waals surface area contributed by atoms with Crippen LogP contribution in [0.2, 0.25) is 0 Å². The van der Waals surface area contributed by atoms with E-state index < -0.39 is 23.5 Å². The van der Waals surface area contributed by atoms with Crippen molar-refractivity contribution in [2.24, 2.45) is 0 Å². The Hall–Kier alpha value is -4.50. The van der Waals surface area contributed by atoms with Gasteiger partial charge in [-0.05, 0) is 42.0 Å². The number of carbonyl (C=O) groups excluding carboxylic acids is 2. The molecule has 4 heterocycles. The number of thiazole rings is 1. The summed E-state index contributed by atoms with van der Waals surface area (Å²) in [6, 6.07) is 16.9. The number of nitrogens with zero attached hydrogens (tertiary/aromatic N) is 3. The highest BCUT2D eigenvalue weighted by Crippen LogP contribution is 2.44. The SMILES string of the molecule is COc1cccc2cc(C(=O)C3=C(O)C(=O)N(c4nc5ccccc5s4)C3c3ccncc3)oc12. The van der Waals surface area contributed by atoms with Crippen LogP contribution >= 0.6 is 11.3 Å². The lowest BCUT2D eigenvalue weighted by Gasteiger charge is -2.24. The van der Waals surface area contributed by atoms with Gasteiger partial charge in [0.1, 0.15) is 0 Å². The van der Waals surface area contributed by atoms with E-state index in [1.807, 2.05) is 24.3 Å². The quantitative estimate of drug-likeness (QED) is 0.341. The maximum Gasteiger partial charge on any atom is 0.296 e. The zero-order valence-corrected chi connectivity index (χ0v) is 19.2. The number of hydrogen-bond acceptors (Lipinski definition) is 8. The lowest BCUT2D eigenvalue weighted by Crippen LogP contribution is -2.30. The summed E-state index contributed by atoms with van der Waals surface area (Å²) in [6.07, 6.45) is 3.14. The van der Waals surface area contributed by atoms with Gasteiger partial charge in [-0.3, -0.25) is 19.5 Å². The van der Waals surface area contributed by atoms with Crippen LogP contribution < -0.4 is 9.64 Å². The number of aliphatic hydroxyl groups is 1. The Kier molecular flexibility index (Phi) is 4.85. The van der Waals surface area contributed by atoms with E-state index in [4.69, 9.17) is 9.15 Å². The van der Waals surface area contributed by atoms with Crippen molar-refractivity contribution in [3.8, 4) is 5.75 Å². The second kappa shape index (κ2) is 8.07. The van der Waals surface area contributed by atoms with E-state index in [2.05, 4.69) is 9.97 Å². The smallest absolute Gasteiger partial charge is 0.296 e. The fourth-order valence-electron chi connectivity index (χ4n) is 4.30. The molecule has 5 aromatic rings. The van der Waals surface area contributed by atoms with Crippen LogP contribution in [0, 0.1) is 0 Å². The number of rotatable bonds is 5. The minimum atomic E-state index is -0.909. The van der Waals surface area contributed by atoms with E-state index in [1.54, 1.807) is 48.8 Å². The number of Topliss-reactive ketones (excluding diaryl/α,β-unsaturated/α-hetero) is 1. The highest BCUT2D eigenvalue weighted by Gasteiger charge is 2.46. The van der Waals surface area contributed by atoms with Crippen molar-refractivity contribution >= 4 is 49.3 Å². The van der Waals surface area contributed by atoms with Crippen LogP contribution in [0.4, 0.5) is 5.13 Å². The van der Waals surface area contributed by atoms with Gasteiger partial charge in [-0.15, -0.1) is 0 Å². The second-order valence-corrected chi connectivity index (χ2v) is 8.91. The fourth-order valence-corrected chi connectivity index (χ4v) is 5.29. The maximum atomic E-state index is 13.7. The minimum absolute atomic E-state index is 0.0101. The van der Waals surface area contributed by atoms with Crippen LogP contribution in [0.3, 0.4) is 0 Å². The summed E-state index contributed by atoms with van der Waals surface area (Å²) in [5.74, 6) is -1.47. The number of aromatic nitrogens is 2. The molecule has 0 radical (unpaired) electrons. The number of furan rings is 1. The van der Waals surface area contributed by atoms with E-state index in [9.17, 15) is 14.7 Å². The molecule has 1 atom stereocenters. The van der Waals surface area contributed by atoms with Gasteiger partial charge in [-0.25, -0.2) is 4.98 Å². The fraction of sp³-hybridized carbons (Fsp3) is 0.0769. The lowest BCUT2D eigenvalue weighted by atomic mass is 9.96. The molecule has 172 valence electrons. The van der Waals surface area contributed by atoms with Gasteiger partial charge in [0.25, 0.3) is 5.91 Å². The monoisotopic (exact) mass is 483 g/mol. The zero-order chi connectivity index (χ0) is 24.1. The minimum Gasteiger partial charge on any atom is -0.503 e. The molecule has 3 aromatic heterocycles. The number of para-hydroxylation sites is 2. The van der Waals surface area contributed by atoms with Gasteiger partial charge < -0.3 is 14.3 Å². The Morgan fingerprint density at radius 2 is 1.91 bits per heavy atom. The molecule has 0 aliphatic carbocycles. The molecular formula is C26H17N3O5S. The Morgan fingerprint density at radius 1 is 1.11 bits per heavy atom.